The van der Waals surface area contributed by atoms with Crippen LogP contribution in [0.2, 0.25) is 0 Å². The van der Waals surface area contributed by atoms with E-state index in [2.05, 4.69) is 18.2 Å². The SMILES string of the molecule is COc1cc(/C=C/C=C\c2ccccc2)cc(OC)c1OC. The quantitative estimate of drug-likeness (QED) is 0.738. The van der Waals surface area contributed by atoms with Crippen LogP contribution >= 0.6 is 0 Å². The van der Waals surface area contributed by atoms with Crippen molar-refractivity contribution >= 4 is 12.2 Å². The minimum Gasteiger partial charge on any atom is -0.493 e. The zero-order valence-corrected chi connectivity index (χ0v) is 13.1. The highest BCUT2D eigenvalue weighted by Crippen LogP contribution is 2.38. The molecule has 0 aliphatic heterocycles. The number of hydrogen-bond donors (Lipinski definition) is 0. The van der Waals surface area contributed by atoms with Gasteiger partial charge >= 0.3 is 0 Å². The van der Waals surface area contributed by atoms with E-state index in [9.17, 15) is 0 Å². The fraction of sp³-hybridized carbons (Fsp3) is 0.158. The molecule has 0 atom stereocenters. The Labute approximate surface area is 131 Å². The first-order valence-corrected chi connectivity index (χ1v) is 6.98. The van der Waals surface area contributed by atoms with Crippen molar-refractivity contribution in [2.45, 2.75) is 0 Å². The molecule has 0 amide bonds. The fourth-order valence-electron chi connectivity index (χ4n) is 2.10. The maximum Gasteiger partial charge on any atom is 0.203 e. The molecule has 2 rings (SSSR count). The van der Waals surface area contributed by atoms with Gasteiger partial charge in [-0.25, -0.2) is 0 Å². The van der Waals surface area contributed by atoms with E-state index < -0.39 is 0 Å². The van der Waals surface area contributed by atoms with E-state index in [4.69, 9.17) is 14.2 Å². The predicted octanol–water partition coefficient (Wildman–Crippen LogP) is 4.44. The summed E-state index contributed by atoms with van der Waals surface area (Å²) < 4.78 is 16.0. The number of allylic oxidation sites excluding steroid dienone is 2. The van der Waals surface area contributed by atoms with Gasteiger partial charge in [0.25, 0.3) is 0 Å². The number of hydrogen-bond acceptors (Lipinski definition) is 3. The largest absolute Gasteiger partial charge is 0.493 e. The first-order chi connectivity index (χ1) is 10.8. The van der Waals surface area contributed by atoms with Crippen molar-refractivity contribution < 1.29 is 14.2 Å². The second-order valence-corrected chi connectivity index (χ2v) is 4.59. The Morgan fingerprint density at radius 2 is 1.23 bits per heavy atom. The Morgan fingerprint density at radius 1 is 0.682 bits per heavy atom. The highest BCUT2D eigenvalue weighted by Gasteiger charge is 2.11. The van der Waals surface area contributed by atoms with Crippen LogP contribution < -0.4 is 14.2 Å². The van der Waals surface area contributed by atoms with E-state index in [1.54, 1.807) is 21.3 Å². The van der Waals surface area contributed by atoms with Gasteiger partial charge in [-0.05, 0) is 23.3 Å². The first-order valence-electron chi connectivity index (χ1n) is 6.98. The van der Waals surface area contributed by atoms with Crippen LogP contribution in [0.15, 0.2) is 54.6 Å². The molecule has 0 aromatic heterocycles. The van der Waals surface area contributed by atoms with E-state index in [1.807, 2.05) is 48.6 Å². The van der Waals surface area contributed by atoms with E-state index in [0.717, 1.165) is 11.1 Å². The average molecular weight is 296 g/mol. The summed E-state index contributed by atoms with van der Waals surface area (Å²) in [7, 11) is 4.82. The molecule has 0 unspecified atom stereocenters. The molecule has 22 heavy (non-hydrogen) atoms. The third kappa shape index (κ3) is 3.92. The third-order valence-corrected chi connectivity index (χ3v) is 3.18. The highest BCUT2D eigenvalue weighted by atomic mass is 16.5. The Balaban J connectivity index is 2.19. The standard InChI is InChI=1S/C19H20O3/c1-20-17-13-16(14-18(21-2)19(17)22-3)12-8-7-11-15-9-5-4-6-10-15/h4-14H,1-3H3/b11-7-,12-8+. The van der Waals surface area contributed by atoms with Crippen LogP contribution in [0.1, 0.15) is 11.1 Å². The van der Waals surface area contributed by atoms with Crippen LogP contribution in [-0.4, -0.2) is 21.3 Å². The van der Waals surface area contributed by atoms with Crippen LogP contribution in [0.3, 0.4) is 0 Å². The predicted molar refractivity (Wildman–Crippen MR) is 90.6 cm³/mol. The lowest BCUT2D eigenvalue weighted by molar-refractivity contribution is 0.324. The molecular formula is C19H20O3. The molecule has 0 aliphatic rings. The summed E-state index contributed by atoms with van der Waals surface area (Å²) in [5.74, 6) is 1.89. The Kier molecular flexibility index (Phi) is 5.66. The molecule has 0 spiro atoms. The summed E-state index contributed by atoms with van der Waals surface area (Å²) in [5.41, 5.74) is 2.14. The van der Waals surface area contributed by atoms with Crippen LogP contribution in [0.4, 0.5) is 0 Å². The lowest BCUT2D eigenvalue weighted by Gasteiger charge is -2.12. The summed E-state index contributed by atoms with van der Waals surface area (Å²) >= 11 is 0. The van der Waals surface area contributed by atoms with Crippen molar-refractivity contribution in [1.82, 2.24) is 0 Å². The van der Waals surface area contributed by atoms with Crippen molar-refractivity contribution in [3.8, 4) is 17.2 Å². The summed E-state index contributed by atoms with van der Waals surface area (Å²) in [4.78, 5) is 0. The maximum atomic E-state index is 5.34. The molecule has 3 heteroatoms. The van der Waals surface area contributed by atoms with Gasteiger partial charge in [-0.1, -0.05) is 54.6 Å². The maximum absolute atomic E-state index is 5.34. The van der Waals surface area contributed by atoms with Gasteiger partial charge in [-0.15, -0.1) is 0 Å². The van der Waals surface area contributed by atoms with Crippen molar-refractivity contribution in [3.05, 3.63) is 65.7 Å². The summed E-state index contributed by atoms with van der Waals surface area (Å²) in [6, 6.07) is 14.0. The molecule has 114 valence electrons. The molecule has 3 nitrogen and oxygen atoms in total. The third-order valence-electron chi connectivity index (χ3n) is 3.18. The van der Waals surface area contributed by atoms with Gasteiger partial charge in [-0.3, -0.25) is 0 Å². The Hall–Kier alpha value is -2.68. The number of methoxy groups -OCH3 is 3. The summed E-state index contributed by atoms with van der Waals surface area (Å²) in [6.07, 6.45) is 8.02. The van der Waals surface area contributed by atoms with Crippen molar-refractivity contribution in [2.24, 2.45) is 0 Å². The van der Waals surface area contributed by atoms with E-state index in [-0.39, 0.29) is 0 Å². The molecule has 0 N–H and O–H groups in total. The van der Waals surface area contributed by atoms with Crippen molar-refractivity contribution in [2.75, 3.05) is 21.3 Å². The van der Waals surface area contributed by atoms with Crippen LogP contribution in [0, 0.1) is 0 Å². The van der Waals surface area contributed by atoms with Crippen LogP contribution in [0.5, 0.6) is 17.2 Å². The van der Waals surface area contributed by atoms with Gasteiger partial charge in [0.1, 0.15) is 0 Å². The Morgan fingerprint density at radius 3 is 1.73 bits per heavy atom. The molecule has 0 radical (unpaired) electrons. The van der Waals surface area contributed by atoms with Gasteiger partial charge in [0, 0.05) is 0 Å². The van der Waals surface area contributed by atoms with E-state index in [0.29, 0.717) is 17.2 Å². The van der Waals surface area contributed by atoms with Gasteiger partial charge in [0.2, 0.25) is 5.75 Å². The fourth-order valence-corrected chi connectivity index (χ4v) is 2.10. The number of rotatable bonds is 6. The van der Waals surface area contributed by atoms with Crippen LogP contribution in [-0.2, 0) is 0 Å². The molecular weight excluding hydrogens is 276 g/mol. The lowest BCUT2D eigenvalue weighted by Crippen LogP contribution is -1.95. The number of benzene rings is 2. The van der Waals surface area contributed by atoms with E-state index >= 15 is 0 Å². The second-order valence-electron chi connectivity index (χ2n) is 4.59. The van der Waals surface area contributed by atoms with Gasteiger partial charge < -0.3 is 14.2 Å². The minimum absolute atomic E-state index is 0.599. The Bertz CT molecular complexity index is 633. The minimum atomic E-state index is 0.599. The molecule has 0 fully saturated rings. The molecule has 0 bridgehead atoms. The van der Waals surface area contributed by atoms with Crippen molar-refractivity contribution in [1.29, 1.82) is 0 Å². The molecule has 0 saturated carbocycles. The lowest BCUT2D eigenvalue weighted by atomic mass is 10.1. The normalized spacial score (nSPS) is 11.0. The topological polar surface area (TPSA) is 27.7 Å². The summed E-state index contributed by atoms with van der Waals surface area (Å²) in [6.45, 7) is 0. The highest BCUT2D eigenvalue weighted by molar-refractivity contribution is 5.64. The monoisotopic (exact) mass is 296 g/mol. The zero-order valence-electron chi connectivity index (χ0n) is 13.1. The van der Waals surface area contributed by atoms with Crippen molar-refractivity contribution in [3.63, 3.8) is 0 Å². The second kappa shape index (κ2) is 7.93. The van der Waals surface area contributed by atoms with Gasteiger partial charge in [-0.2, -0.15) is 0 Å². The summed E-state index contributed by atoms with van der Waals surface area (Å²) in [5, 5.41) is 0. The smallest absolute Gasteiger partial charge is 0.203 e. The average Bonchev–Trinajstić information content (AvgIpc) is 2.58. The molecule has 0 heterocycles. The molecule has 0 saturated heterocycles. The molecule has 2 aromatic carbocycles. The number of ether oxygens (including phenoxy) is 3. The first kappa shape index (κ1) is 15.7. The van der Waals surface area contributed by atoms with Gasteiger partial charge in [0.15, 0.2) is 11.5 Å². The van der Waals surface area contributed by atoms with Gasteiger partial charge in [0.05, 0.1) is 21.3 Å². The zero-order chi connectivity index (χ0) is 15.8. The van der Waals surface area contributed by atoms with E-state index in [1.165, 1.54) is 0 Å². The molecule has 0 aliphatic carbocycles. The molecule has 2 aromatic rings. The van der Waals surface area contributed by atoms with Crippen LogP contribution in [0.25, 0.3) is 12.2 Å².